The molecule has 3 heteroatoms. The number of likely N-dealkylation sites (tertiary alicyclic amines) is 1. The Hall–Kier alpha value is -1.12. The lowest BCUT2D eigenvalue weighted by Gasteiger charge is -2.22. The van der Waals surface area contributed by atoms with E-state index in [1.165, 1.54) is 0 Å². The molecular weight excluding hydrogens is 226 g/mol. The van der Waals surface area contributed by atoms with Gasteiger partial charge in [-0.1, -0.05) is 18.9 Å². The molecule has 0 aromatic carbocycles. The summed E-state index contributed by atoms with van der Waals surface area (Å²) in [6, 6.07) is -0.140. The third kappa shape index (κ3) is 4.63. The van der Waals surface area contributed by atoms with Crippen LogP contribution in [0.3, 0.4) is 0 Å². The van der Waals surface area contributed by atoms with Crippen molar-refractivity contribution in [1.29, 1.82) is 0 Å². The summed E-state index contributed by atoms with van der Waals surface area (Å²) in [5.41, 5.74) is 0. The van der Waals surface area contributed by atoms with E-state index in [1.54, 1.807) is 11.8 Å². The maximum absolute atomic E-state index is 12.0. The Morgan fingerprint density at radius 2 is 2.00 bits per heavy atom. The molecule has 0 aromatic heterocycles. The van der Waals surface area contributed by atoms with E-state index in [0.29, 0.717) is 6.42 Å². The van der Waals surface area contributed by atoms with E-state index in [-0.39, 0.29) is 17.7 Å². The van der Waals surface area contributed by atoms with Gasteiger partial charge in [0.05, 0.1) is 6.04 Å². The summed E-state index contributed by atoms with van der Waals surface area (Å²) in [5, 5.41) is 0. The molecule has 0 aromatic rings. The average Bonchev–Trinajstić information content (AvgIpc) is 2.82. The molecule has 0 spiro atoms. The Kier molecular flexibility index (Phi) is 6.69. The normalized spacial score (nSPS) is 18.9. The first-order chi connectivity index (χ1) is 8.66. The second-order valence-electron chi connectivity index (χ2n) is 5.10. The van der Waals surface area contributed by atoms with Crippen LogP contribution >= 0.6 is 0 Å². The molecule has 0 saturated carbocycles. The lowest BCUT2D eigenvalue weighted by atomic mass is 10.1. The van der Waals surface area contributed by atoms with Crippen LogP contribution in [-0.4, -0.2) is 29.2 Å². The smallest absolute Gasteiger partial charge is 0.223 e. The van der Waals surface area contributed by atoms with Gasteiger partial charge in [0, 0.05) is 13.0 Å². The van der Waals surface area contributed by atoms with Crippen molar-refractivity contribution < 1.29 is 9.59 Å². The van der Waals surface area contributed by atoms with E-state index in [9.17, 15) is 9.59 Å². The van der Waals surface area contributed by atoms with Gasteiger partial charge >= 0.3 is 0 Å². The topological polar surface area (TPSA) is 37.4 Å². The summed E-state index contributed by atoms with van der Waals surface area (Å²) in [5.74, 6) is 0.295. The van der Waals surface area contributed by atoms with Crippen LogP contribution in [0, 0.1) is 0 Å². The standard InChI is InChI=1S/C15H25NO2/c1-3-4-5-6-7-8-11-15(18)16-12-9-10-14(16)13(2)17/h3,14H,1,4-12H2,2H3. The highest BCUT2D eigenvalue weighted by atomic mass is 16.2. The molecule has 0 radical (unpaired) electrons. The largest absolute Gasteiger partial charge is 0.333 e. The highest BCUT2D eigenvalue weighted by Crippen LogP contribution is 2.20. The summed E-state index contributed by atoms with van der Waals surface area (Å²) in [7, 11) is 0. The van der Waals surface area contributed by atoms with Crippen molar-refractivity contribution in [3.63, 3.8) is 0 Å². The van der Waals surface area contributed by atoms with Gasteiger partial charge < -0.3 is 4.90 Å². The summed E-state index contributed by atoms with van der Waals surface area (Å²) in [6.07, 6.45) is 9.77. The molecule has 1 aliphatic heterocycles. The highest BCUT2D eigenvalue weighted by molar-refractivity contribution is 5.88. The molecule has 1 saturated heterocycles. The average molecular weight is 251 g/mol. The van der Waals surface area contributed by atoms with E-state index < -0.39 is 0 Å². The molecule has 0 aliphatic carbocycles. The first-order valence-electron chi connectivity index (χ1n) is 7.07. The van der Waals surface area contributed by atoms with Crippen LogP contribution in [0.2, 0.25) is 0 Å². The molecule has 1 fully saturated rings. The van der Waals surface area contributed by atoms with E-state index in [4.69, 9.17) is 0 Å². The first kappa shape index (κ1) is 14.9. The predicted molar refractivity (Wildman–Crippen MR) is 73.3 cm³/mol. The maximum atomic E-state index is 12.0. The van der Waals surface area contributed by atoms with Gasteiger partial charge in [0.15, 0.2) is 5.78 Å². The number of nitrogens with zero attached hydrogens (tertiary/aromatic N) is 1. The molecule has 1 aliphatic rings. The highest BCUT2D eigenvalue weighted by Gasteiger charge is 2.30. The fourth-order valence-corrected chi connectivity index (χ4v) is 2.55. The third-order valence-electron chi connectivity index (χ3n) is 3.59. The Bertz CT molecular complexity index is 299. The number of Topliss-reactive ketones (excluding diaryl/α,β-unsaturated/α-hetero) is 1. The molecule has 1 rings (SSSR count). The van der Waals surface area contributed by atoms with Gasteiger partial charge in [-0.2, -0.15) is 0 Å². The van der Waals surface area contributed by atoms with E-state index in [1.807, 2.05) is 6.08 Å². The number of unbranched alkanes of at least 4 members (excludes halogenated alkanes) is 4. The number of hydrogen-bond acceptors (Lipinski definition) is 2. The summed E-state index contributed by atoms with van der Waals surface area (Å²) < 4.78 is 0. The van der Waals surface area contributed by atoms with Crippen LogP contribution in [0.5, 0.6) is 0 Å². The number of ketones is 1. The zero-order valence-electron chi connectivity index (χ0n) is 11.5. The van der Waals surface area contributed by atoms with Gasteiger partial charge in [-0.3, -0.25) is 9.59 Å². The molecule has 0 N–H and O–H groups in total. The summed E-state index contributed by atoms with van der Waals surface area (Å²) in [4.78, 5) is 25.2. The van der Waals surface area contributed by atoms with Crippen molar-refractivity contribution in [2.24, 2.45) is 0 Å². The minimum Gasteiger partial charge on any atom is -0.333 e. The van der Waals surface area contributed by atoms with Crippen molar-refractivity contribution >= 4 is 11.7 Å². The summed E-state index contributed by atoms with van der Waals surface area (Å²) >= 11 is 0. The Balaban J connectivity index is 2.20. The van der Waals surface area contributed by atoms with E-state index in [0.717, 1.165) is 51.5 Å². The fraction of sp³-hybridized carbons (Fsp3) is 0.733. The van der Waals surface area contributed by atoms with Gasteiger partial charge in [0.25, 0.3) is 0 Å². The van der Waals surface area contributed by atoms with Crippen molar-refractivity contribution in [3.05, 3.63) is 12.7 Å². The van der Waals surface area contributed by atoms with Gasteiger partial charge in [-0.05, 0) is 39.0 Å². The van der Waals surface area contributed by atoms with Gasteiger partial charge in [0.1, 0.15) is 0 Å². The number of amides is 1. The SMILES string of the molecule is C=CCCCCCCC(=O)N1CCCC1C(C)=O. The third-order valence-corrected chi connectivity index (χ3v) is 3.59. The molecule has 3 nitrogen and oxygen atoms in total. The zero-order valence-corrected chi connectivity index (χ0v) is 11.5. The van der Waals surface area contributed by atoms with Crippen molar-refractivity contribution in [2.45, 2.75) is 64.3 Å². The van der Waals surface area contributed by atoms with E-state index >= 15 is 0 Å². The van der Waals surface area contributed by atoms with Gasteiger partial charge in [-0.15, -0.1) is 6.58 Å². The number of carbonyl (C=O) groups excluding carboxylic acids is 2. The molecule has 1 heterocycles. The van der Waals surface area contributed by atoms with Crippen LogP contribution in [0.4, 0.5) is 0 Å². The second kappa shape index (κ2) is 8.06. The Morgan fingerprint density at radius 3 is 2.67 bits per heavy atom. The molecular formula is C15H25NO2. The molecule has 0 bridgehead atoms. The van der Waals surface area contributed by atoms with Crippen LogP contribution < -0.4 is 0 Å². The summed E-state index contributed by atoms with van der Waals surface area (Å²) in [6.45, 7) is 6.04. The van der Waals surface area contributed by atoms with Crippen molar-refractivity contribution in [1.82, 2.24) is 4.90 Å². The minimum absolute atomic E-state index is 0.131. The monoisotopic (exact) mass is 251 g/mol. The lowest BCUT2D eigenvalue weighted by molar-refractivity contribution is -0.137. The van der Waals surface area contributed by atoms with Crippen molar-refractivity contribution in [3.8, 4) is 0 Å². The quantitative estimate of drug-likeness (QED) is 0.491. The van der Waals surface area contributed by atoms with Crippen LogP contribution in [0.25, 0.3) is 0 Å². The number of allylic oxidation sites excluding steroid dienone is 1. The molecule has 102 valence electrons. The fourth-order valence-electron chi connectivity index (χ4n) is 2.55. The lowest BCUT2D eigenvalue weighted by Crippen LogP contribution is -2.39. The molecule has 1 amide bonds. The van der Waals surface area contributed by atoms with Crippen molar-refractivity contribution in [2.75, 3.05) is 6.54 Å². The van der Waals surface area contributed by atoms with Crippen LogP contribution in [-0.2, 0) is 9.59 Å². The predicted octanol–water partition coefficient (Wildman–Crippen LogP) is 3.09. The molecule has 1 atom stereocenters. The van der Waals surface area contributed by atoms with E-state index in [2.05, 4.69) is 6.58 Å². The Morgan fingerprint density at radius 1 is 1.28 bits per heavy atom. The number of hydrogen-bond donors (Lipinski definition) is 0. The molecule has 18 heavy (non-hydrogen) atoms. The Labute approximate surface area is 110 Å². The maximum Gasteiger partial charge on any atom is 0.223 e. The minimum atomic E-state index is -0.140. The van der Waals surface area contributed by atoms with Crippen LogP contribution in [0.15, 0.2) is 12.7 Å². The first-order valence-corrected chi connectivity index (χ1v) is 7.07. The number of carbonyl (C=O) groups is 2. The second-order valence-corrected chi connectivity index (χ2v) is 5.10. The zero-order chi connectivity index (χ0) is 13.4. The molecule has 1 unspecified atom stereocenters. The van der Waals surface area contributed by atoms with Gasteiger partial charge in [0.2, 0.25) is 5.91 Å². The van der Waals surface area contributed by atoms with Gasteiger partial charge in [-0.25, -0.2) is 0 Å². The number of rotatable bonds is 8. The van der Waals surface area contributed by atoms with Crippen LogP contribution in [0.1, 0.15) is 58.3 Å².